The number of carbonyl (C=O) groups excluding carboxylic acids is 11. The number of likely N-dealkylation sites (tertiary alicyclic amines) is 1. The molecule has 540 valence electrons. The van der Waals surface area contributed by atoms with E-state index in [0.29, 0.717) is 12.4 Å². The molecule has 0 aromatic carbocycles. The second kappa shape index (κ2) is 37.6. The topological polar surface area (TPSA) is 264 Å². The molecule has 2 aliphatic rings. The van der Waals surface area contributed by atoms with Crippen LogP contribution in [0.4, 0.5) is 0 Å². The monoisotopic (exact) mass is 1340 g/mol. The number of aliphatic hydroxyl groups excluding tert-OH is 1. The summed E-state index contributed by atoms with van der Waals surface area (Å²) < 4.78 is 2.03. The van der Waals surface area contributed by atoms with Crippen LogP contribution < -0.4 is 5.32 Å². The third-order valence-electron chi connectivity index (χ3n) is 20.0. The van der Waals surface area contributed by atoms with Crippen molar-refractivity contribution in [2.75, 3.05) is 69.0 Å². The van der Waals surface area contributed by atoms with Crippen LogP contribution >= 0.6 is 0 Å². The number of carbonyl (C=O) groups is 11. The molecular formula is C72H125N11O12. The first kappa shape index (κ1) is 83.1. The van der Waals surface area contributed by atoms with Crippen LogP contribution in [0.2, 0.25) is 0 Å². The van der Waals surface area contributed by atoms with Gasteiger partial charge in [-0.05, 0) is 113 Å². The lowest BCUT2D eigenvalue weighted by Gasteiger charge is -2.41. The first-order chi connectivity index (χ1) is 44.1. The summed E-state index contributed by atoms with van der Waals surface area (Å²) in [6.45, 7) is 33.9. The predicted octanol–water partition coefficient (Wildman–Crippen LogP) is 6.50. The highest BCUT2D eigenvalue weighted by molar-refractivity contribution is 6.00. The minimum atomic E-state index is -1.56. The lowest BCUT2D eigenvalue weighted by Crippen LogP contribution is -2.62. The van der Waals surface area contributed by atoms with Crippen molar-refractivity contribution in [2.45, 2.75) is 249 Å². The van der Waals surface area contributed by atoms with Gasteiger partial charge in [-0.1, -0.05) is 104 Å². The van der Waals surface area contributed by atoms with Gasteiger partial charge in [0.15, 0.2) is 17.3 Å². The molecule has 2 saturated heterocycles. The van der Waals surface area contributed by atoms with Gasteiger partial charge in [0.25, 0.3) is 0 Å². The lowest BCUT2D eigenvalue weighted by atomic mass is 9.84. The highest BCUT2D eigenvalue weighted by Gasteiger charge is 2.46. The van der Waals surface area contributed by atoms with Gasteiger partial charge in [0.05, 0.1) is 18.2 Å². The lowest BCUT2D eigenvalue weighted by molar-refractivity contribution is -0.157. The molecule has 3 heterocycles. The van der Waals surface area contributed by atoms with Crippen LogP contribution in [0.25, 0.3) is 0 Å². The Morgan fingerprint density at radius 2 is 0.947 bits per heavy atom. The van der Waals surface area contributed by atoms with E-state index in [1.165, 1.54) is 90.6 Å². The smallest absolute Gasteiger partial charge is 0.246 e. The summed E-state index contributed by atoms with van der Waals surface area (Å²) in [5.74, 6) is -10.4. The van der Waals surface area contributed by atoms with Gasteiger partial charge in [0.2, 0.25) is 47.3 Å². The predicted molar refractivity (Wildman–Crippen MR) is 369 cm³/mol. The van der Waals surface area contributed by atoms with Crippen LogP contribution in [0, 0.1) is 59.2 Å². The first-order valence-electron chi connectivity index (χ1n) is 35.3. The number of hydrogen-bond acceptors (Lipinski definition) is 14. The number of likely N-dealkylation sites (N-methyl/N-ethyl adjacent to an activating group) is 7. The maximum Gasteiger partial charge on any atom is 0.246 e. The van der Waals surface area contributed by atoms with E-state index in [1.54, 1.807) is 47.7 Å². The van der Waals surface area contributed by atoms with E-state index in [-0.39, 0.29) is 80.8 Å². The van der Waals surface area contributed by atoms with Gasteiger partial charge < -0.3 is 54.2 Å². The Bertz CT molecular complexity index is 2760. The van der Waals surface area contributed by atoms with Crippen molar-refractivity contribution in [1.82, 2.24) is 54.1 Å². The summed E-state index contributed by atoms with van der Waals surface area (Å²) >= 11 is 0. The summed E-state index contributed by atoms with van der Waals surface area (Å²) in [6, 6.07) is -9.44. The summed E-state index contributed by atoms with van der Waals surface area (Å²) in [5.41, 5.74) is 0. The zero-order valence-corrected chi connectivity index (χ0v) is 62.6. The van der Waals surface area contributed by atoms with Crippen molar-refractivity contribution < 1.29 is 57.8 Å². The molecule has 95 heavy (non-hydrogen) atoms. The van der Waals surface area contributed by atoms with Gasteiger partial charge in [-0.3, -0.25) is 52.7 Å². The van der Waals surface area contributed by atoms with Gasteiger partial charge in [-0.15, -0.1) is 0 Å². The summed E-state index contributed by atoms with van der Waals surface area (Å²) in [5, 5.41) is 15.5. The fourth-order valence-electron chi connectivity index (χ4n) is 13.6. The minimum absolute atomic E-state index is 0.0736. The minimum Gasteiger partial charge on any atom is -0.390 e. The molecule has 23 heteroatoms. The van der Waals surface area contributed by atoms with Crippen molar-refractivity contribution in [3.8, 4) is 0 Å². The number of Topliss-reactive ketones (excluding diaryl/α,β-unsaturated/α-hetero) is 3. The number of amides is 8. The average Bonchev–Trinajstić information content (AvgIpc) is 1.15. The largest absolute Gasteiger partial charge is 0.390 e. The van der Waals surface area contributed by atoms with Crippen molar-refractivity contribution in [3.63, 3.8) is 0 Å². The van der Waals surface area contributed by atoms with Crippen molar-refractivity contribution in [3.05, 3.63) is 18.2 Å². The Labute approximate surface area is 569 Å². The Kier molecular flexibility index (Phi) is 32.9. The number of aromatic nitrogens is 2. The molecule has 0 saturated carbocycles. The Balaban J connectivity index is 2.33. The van der Waals surface area contributed by atoms with Gasteiger partial charge in [0.1, 0.15) is 42.1 Å². The van der Waals surface area contributed by atoms with Crippen LogP contribution in [0.3, 0.4) is 0 Å². The van der Waals surface area contributed by atoms with Crippen molar-refractivity contribution in [2.24, 2.45) is 59.2 Å². The van der Waals surface area contributed by atoms with E-state index >= 15 is 19.2 Å². The third kappa shape index (κ3) is 22.5. The molecule has 13 atom stereocenters. The van der Waals surface area contributed by atoms with E-state index in [1.807, 2.05) is 80.0 Å². The fourth-order valence-corrected chi connectivity index (χ4v) is 13.6. The number of ketones is 3. The number of rotatable bonds is 18. The standard InChI is InChI=1S/C72H125N11O12/c1-25-52-40-60(86)63(64(87)48(14)39-61-73-28-31-83(61)33-32-82-29-26-27-30-82)81(24)72(95)62(47(12)13)80(23)71(94)57(37-45(8)9)79(22)70(93)56(36-44(6)7)78(21)66(89)50(16)74-65(88)49(15)38-58(84)54(34-42(2)3)77(20)69(92)53(46(10)11)41-59(85)55(35-43(4)5)76(19)67(90)51(17)75(18)68(52)91/h28,31,42-57,62-64,87H,25-27,29-30,32-41H2,1-24H3,(H,74,88)/t48-,49+,50+,51-,52+,53-,54-,55+,56-,57-,62-,63+,64-/m1/s1. The molecule has 0 radical (unpaired) electrons. The highest BCUT2D eigenvalue weighted by Crippen LogP contribution is 2.30. The second-order valence-corrected chi connectivity index (χ2v) is 30.4. The summed E-state index contributed by atoms with van der Waals surface area (Å²) in [4.78, 5) is 180. The molecule has 1 aromatic rings. The Hall–Kier alpha value is -6.10. The van der Waals surface area contributed by atoms with Gasteiger partial charge >= 0.3 is 0 Å². The fraction of sp³-hybridized carbons (Fsp3) is 0.806. The van der Waals surface area contributed by atoms with Gasteiger partial charge in [-0.25, -0.2) is 4.98 Å². The highest BCUT2D eigenvalue weighted by atomic mass is 16.3. The van der Waals surface area contributed by atoms with Crippen molar-refractivity contribution >= 4 is 64.6 Å². The molecule has 1 aromatic heterocycles. The first-order valence-corrected chi connectivity index (χ1v) is 35.3. The third-order valence-corrected chi connectivity index (χ3v) is 20.0. The molecule has 2 fully saturated rings. The van der Waals surface area contributed by atoms with E-state index in [4.69, 9.17) is 0 Å². The van der Waals surface area contributed by atoms with E-state index < -0.39 is 155 Å². The zero-order valence-electron chi connectivity index (χ0n) is 62.6. The molecule has 0 bridgehead atoms. The van der Waals surface area contributed by atoms with Crippen molar-refractivity contribution in [1.29, 1.82) is 0 Å². The average molecular weight is 1340 g/mol. The van der Waals surface area contributed by atoms with Gasteiger partial charge in [0, 0.05) is 118 Å². The van der Waals surface area contributed by atoms with E-state index in [2.05, 4.69) is 15.2 Å². The number of hydrogen-bond donors (Lipinski definition) is 2. The number of aliphatic hydroxyl groups is 1. The number of imidazole rings is 1. The zero-order chi connectivity index (χ0) is 72.5. The normalized spacial score (nSPS) is 27.3. The quantitative estimate of drug-likeness (QED) is 0.159. The molecule has 0 aliphatic carbocycles. The molecule has 2 aliphatic heterocycles. The maximum atomic E-state index is 15.6. The van der Waals surface area contributed by atoms with Crippen LogP contribution in [0.1, 0.15) is 188 Å². The van der Waals surface area contributed by atoms with Crippen LogP contribution in [0.15, 0.2) is 12.4 Å². The molecule has 0 unspecified atom stereocenters. The molecule has 8 amide bonds. The van der Waals surface area contributed by atoms with E-state index in [9.17, 15) is 38.7 Å². The van der Waals surface area contributed by atoms with Crippen LogP contribution in [-0.2, 0) is 65.7 Å². The molecule has 3 rings (SSSR count). The number of nitrogens with one attached hydrogen (secondary N) is 1. The Morgan fingerprint density at radius 3 is 1.43 bits per heavy atom. The molecule has 2 N–H and O–H groups in total. The van der Waals surface area contributed by atoms with Gasteiger partial charge in [-0.2, -0.15) is 0 Å². The maximum absolute atomic E-state index is 15.6. The number of nitrogens with zero attached hydrogens (tertiary/aromatic N) is 10. The Morgan fingerprint density at radius 1 is 0.495 bits per heavy atom. The van der Waals surface area contributed by atoms with Crippen LogP contribution in [0.5, 0.6) is 0 Å². The molecule has 0 spiro atoms. The molecular weight excluding hydrogens is 1210 g/mol. The SMILES string of the molecule is CC[C@H]1CC(=O)[C@@H]([C@H](O)[C@H](C)Cc2nccn2CCN2CCCC2)N(C)C(=O)[C@@H](C(C)C)N(C)C(=O)[C@@H](CC(C)C)N(C)C(=O)[C@@H](CC(C)C)N(C)C(=O)[C@H](C)NC(=O)[C@@H](C)CC(=O)[C@@H](CC(C)C)N(C)C(=O)[C@@H](C(C)C)CC(=O)[C@H](CC(C)C)N(C)C(=O)[C@@H](C)N(C)C1=O. The van der Waals surface area contributed by atoms with Crippen LogP contribution in [-0.4, -0.2) is 242 Å². The summed E-state index contributed by atoms with van der Waals surface area (Å²) in [6.07, 6.45) is 4.44. The van der Waals surface area contributed by atoms with E-state index in [0.717, 1.165) is 32.5 Å². The summed E-state index contributed by atoms with van der Waals surface area (Å²) in [7, 11) is 10.3. The second-order valence-electron chi connectivity index (χ2n) is 30.4. The molecule has 23 nitrogen and oxygen atoms in total.